The van der Waals surface area contributed by atoms with E-state index in [2.05, 4.69) is 34.6 Å². The Hall–Kier alpha value is -2.08. The van der Waals surface area contributed by atoms with Crippen molar-refractivity contribution in [2.75, 3.05) is 6.54 Å². The van der Waals surface area contributed by atoms with Gasteiger partial charge in [-0.2, -0.15) is 0 Å². The summed E-state index contributed by atoms with van der Waals surface area (Å²) in [7, 11) is 0. The van der Waals surface area contributed by atoms with Crippen LogP contribution in [0.2, 0.25) is 0 Å². The Morgan fingerprint density at radius 3 is 2.96 bits per heavy atom. The molecular formula is C20H26N4OS. The number of hydrogen-bond acceptors (Lipinski definition) is 4. The van der Waals surface area contributed by atoms with Crippen molar-refractivity contribution in [2.45, 2.75) is 56.4 Å². The molecule has 1 aromatic carbocycles. The average Bonchev–Trinajstić information content (AvgIpc) is 3.10. The molecule has 1 atom stereocenters. The Morgan fingerprint density at radius 2 is 2.19 bits per heavy atom. The van der Waals surface area contributed by atoms with Crippen molar-refractivity contribution in [1.29, 1.82) is 0 Å². The number of nitrogens with one attached hydrogen (secondary N) is 1. The standard InChI is InChI=1S/C20H26N4OS/c1-15-8-6-7-11-18(15)24-14-22-23-20(24)26-16(2)19(25)21-13-12-17-9-4-3-5-10-17/h6-9,11,14,16H,3-5,10,12-13H2,1-2H3,(H,21,25)/t16-/m1/s1. The van der Waals surface area contributed by atoms with Crippen LogP contribution in [-0.4, -0.2) is 32.5 Å². The topological polar surface area (TPSA) is 59.8 Å². The van der Waals surface area contributed by atoms with Crippen molar-refractivity contribution in [1.82, 2.24) is 20.1 Å². The van der Waals surface area contributed by atoms with Gasteiger partial charge in [0.1, 0.15) is 6.33 Å². The van der Waals surface area contributed by atoms with Gasteiger partial charge in [-0.1, -0.05) is 41.6 Å². The fourth-order valence-corrected chi connectivity index (χ4v) is 4.00. The van der Waals surface area contributed by atoms with E-state index in [0.29, 0.717) is 6.54 Å². The van der Waals surface area contributed by atoms with E-state index in [4.69, 9.17) is 0 Å². The summed E-state index contributed by atoms with van der Waals surface area (Å²) in [4.78, 5) is 12.4. The highest BCUT2D eigenvalue weighted by Gasteiger charge is 2.18. The van der Waals surface area contributed by atoms with E-state index in [0.717, 1.165) is 22.8 Å². The zero-order valence-electron chi connectivity index (χ0n) is 15.4. The number of rotatable bonds is 7. The Morgan fingerprint density at radius 1 is 1.35 bits per heavy atom. The van der Waals surface area contributed by atoms with E-state index < -0.39 is 0 Å². The molecule has 1 N–H and O–H groups in total. The number of thioether (sulfide) groups is 1. The molecule has 2 aromatic rings. The van der Waals surface area contributed by atoms with E-state index in [1.54, 1.807) is 6.33 Å². The zero-order valence-corrected chi connectivity index (χ0v) is 16.3. The maximum absolute atomic E-state index is 12.4. The minimum atomic E-state index is -0.220. The van der Waals surface area contributed by atoms with Crippen molar-refractivity contribution >= 4 is 17.7 Å². The SMILES string of the molecule is Cc1ccccc1-n1cnnc1S[C@H](C)C(=O)NCCC1=CCCCC1. The number of amides is 1. The quantitative estimate of drug-likeness (QED) is 0.590. The summed E-state index contributed by atoms with van der Waals surface area (Å²) in [5.41, 5.74) is 3.67. The average molecular weight is 371 g/mol. The number of nitrogens with zero attached hydrogens (tertiary/aromatic N) is 3. The van der Waals surface area contributed by atoms with E-state index >= 15 is 0 Å². The van der Waals surface area contributed by atoms with Crippen LogP contribution < -0.4 is 5.32 Å². The molecule has 0 fully saturated rings. The first kappa shape index (κ1) is 18.7. The third-order valence-electron chi connectivity index (χ3n) is 4.67. The highest BCUT2D eigenvalue weighted by Crippen LogP contribution is 2.25. The van der Waals surface area contributed by atoms with Crippen LogP contribution in [0, 0.1) is 6.92 Å². The highest BCUT2D eigenvalue weighted by atomic mass is 32.2. The summed E-state index contributed by atoms with van der Waals surface area (Å²) in [6.07, 6.45) is 9.93. The molecule has 0 unspecified atom stereocenters. The Kier molecular flexibility index (Phi) is 6.50. The second kappa shape index (κ2) is 9.03. The summed E-state index contributed by atoms with van der Waals surface area (Å²) in [5.74, 6) is 0.0470. The summed E-state index contributed by atoms with van der Waals surface area (Å²) in [5, 5.41) is 11.8. The predicted octanol–water partition coefficient (Wildman–Crippen LogP) is 4.06. The molecule has 1 heterocycles. The number of para-hydroxylation sites is 1. The van der Waals surface area contributed by atoms with Crippen molar-refractivity contribution in [3.63, 3.8) is 0 Å². The second-order valence-corrected chi connectivity index (χ2v) is 7.99. The van der Waals surface area contributed by atoms with Crippen LogP contribution in [0.4, 0.5) is 0 Å². The number of carbonyl (C=O) groups excluding carboxylic acids is 1. The number of hydrogen-bond donors (Lipinski definition) is 1. The number of aromatic nitrogens is 3. The highest BCUT2D eigenvalue weighted by molar-refractivity contribution is 8.00. The largest absolute Gasteiger partial charge is 0.355 e. The monoisotopic (exact) mass is 370 g/mol. The van der Waals surface area contributed by atoms with Crippen LogP contribution in [0.25, 0.3) is 5.69 Å². The van der Waals surface area contributed by atoms with Crippen LogP contribution >= 0.6 is 11.8 Å². The summed E-state index contributed by atoms with van der Waals surface area (Å²) in [6, 6.07) is 8.09. The Balaban J connectivity index is 1.56. The van der Waals surface area contributed by atoms with Crippen molar-refractivity contribution in [3.05, 3.63) is 47.8 Å². The molecule has 0 aliphatic heterocycles. The molecule has 0 radical (unpaired) electrons. The smallest absolute Gasteiger partial charge is 0.233 e. The summed E-state index contributed by atoms with van der Waals surface area (Å²) in [6.45, 7) is 4.68. The van der Waals surface area contributed by atoms with Gasteiger partial charge in [0.15, 0.2) is 5.16 Å². The minimum Gasteiger partial charge on any atom is -0.355 e. The Labute approximate surface area is 159 Å². The molecule has 1 aromatic heterocycles. The fourth-order valence-electron chi connectivity index (χ4n) is 3.14. The Bertz CT molecular complexity index is 784. The molecule has 0 bridgehead atoms. The maximum Gasteiger partial charge on any atom is 0.233 e. The van der Waals surface area contributed by atoms with E-state index in [1.807, 2.05) is 29.7 Å². The van der Waals surface area contributed by atoms with Gasteiger partial charge in [-0.25, -0.2) is 0 Å². The molecule has 0 saturated heterocycles. The van der Waals surface area contributed by atoms with Gasteiger partial charge < -0.3 is 5.32 Å². The van der Waals surface area contributed by atoms with Crippen molar-refractivity contribution in [3.8, 4) is 5.69 Å². The molecule has 0 saturated carbocycles. The lowest BCUT2D eigenvalue weighted by Gasteiger charge is -2.15. The number of benzene rings is 1. The normalized spacial score (nSPS) is 15.4. The minimum absolute atomic E-state index is 0.0470. The predicted molar refractivity (Wildman–Crippen MR) is 106 cm³/mol. The molecule has 1 amide bonds. The van der Waals surface area contributed by atoms with Crippen LogP contribution in [0.1, 0.15) is 44.6 Å². The maximum atomic E-state index is 12.4. The van der Waals surface area contributed by atoms with Crippen LogP contribution in [0.5, 0.6) is 0 Å². The molecular weight excluding hydrogens is 344 g/mol. The zero-order chi connectivity index (χ0) is 18.4. The first-order valence-corrected chi connectivity index (χ1v) is 10.1. The molecule has 6 heteroatoms. The van der Waals surface area contributed by atoms with Crippen LogP contribution in [-0.2, 0) is 4.79 Å². The number of aryl methyl sites for hydroxylation is 1. The van der Waals surface area contributed by atoms with Gasteiger partial charge in [0.2, 0.25) is 5.91 Å². The third-order valence-corrected chi connectivity index (χ3v) is 5.73. The van der Waals surface area contributed by atoms with Crippen LogP contribution in [0.15, 0.2) is 47.4 Å². The van der Waals surface area contributed by atoms with Gasteiger partial charge in [-0.05, 0) is 57.6 Å². The van der Waals surface area contributed by atoms with Gasteiger partial charge in [0, 0.05) is 6.54 Å². The lowest BCUT2D eigenvalue weighted by molar-refractivity contribution is -0.120. The lowest BCUT2D eigenvalue weighted by Crippen LogP contribution is -2.32. The van der Waals surface area contributed by atoms with Gasteiger partial charge in [-0.15, -0.1) is 10.2 Å². The summed E-state index contributed by atoms with van der Waals surface area (Å²) < 4.78 is 1.94. The van der Waals surface area contributed by atoms with Crippen LogP contribution in [0.3, 0.4) is 0 Å². The van der Waals surface area contributed by atoms with E-state index in [-0.39, 0.29) is 11.2 Å². The lowest BCUT2D eigenvalue weighted by atomic mass is 9.97. The van der Waals surface area contributed by atoms with E-state index in [1.165, 1.54) is 43.0 Å². The molecule has 3 rings (SSSR count). The van der Waals surface area contributed by atoms with Gasteiger partial charge in [0.05, 0.1) is 10.9 Å². The number of carbonyl (C=O) groups is 1. The first-order chi connectivity index (χ1) is 12.6. The molecule has 138 valence electrons. The fraction of sp³-hybridized carbons (Fsp3) is 0.450. The van der Waals surface area contributed by atoms with Gasteiger partial charge in [-0.3, -0.25) is 9.36 Å². The molecule has 26 heavy (non-hydrogen) atoms. The number of allylic oxidation sites excluding steroid dienone is 1. The van der Waals surface area contributed by atoms with Crippen molar-refractivity contribution in [2.24, 2.45) is 0 Å². The molecule has 1 aliphatic carbocycles. The first-order valence-electron chi connectivity index (χ1n) is 9.23. The van der Waals surface area contributed by atoms with Gasteiger partial charge >= 0.3 is 0 Å². The molecule has 1 aliphatic rings. The van der Waals surface area contributed by atoms with E-state index in [9.17, 15) is 4.79 Å². The summed E-state index contributed by atoms with van der Waals surface area (Å²) >= 11 is 1.44. The van der Waals surface area contributed by atoms with Gasteiger partial charge in [0.25, 0.3) is 0 Å². The molecule has 0 spiro atoms. The second-order valence-electron chi connectivity index (χ2n) is 6.68. The molecule has 5 nitrogen and oxygen atoms in total. The third kappa shape index (κ3) is 4.75. The van der Waals surface area contributed by atoms with Crippen molar-refractivity contribution < 1.29 is 4.79 Å².